The number of rotatable bonds is 10. The Labute approximate surface area is 184 Å². The van der Waals surface area contributed by atoms with Gasteiger partial charge in [-0.1, -0.05) is 33.8 Å². The first-order chi connectivity index (χ1) is 14.7. The smallest absolute Gasteiger partial charge is 0.244 e. The molecule has 2 N–H and O–H groups in total. The van der Waals surface area contributed by atoms with Crippen molar-refractivity contribution < 1.29 is 9.53 Å². The number of imidazole rings is 1. The molecule has 0 saturated carbocycles. The topological polar surface area (TPSA) is 98.1 Å². The summed E-state index contributed by atoms with van der Waals surface area (Å²) in [6.07, 6.45) is 5.19. The molecule has 2 aromatic rings. The Bertz CT molecular complexity index is 920. The first-order valence-corrected chi connectivity index (χ1v) is 10.5. The number of hydrogen-bond donors (Lipinski definition) is 1. The summed E-state index contributed by atoms with van der Waals surface area (Å²) in [5, 5.41) is 3.85. The standard InChI is InChI=1S/C23H34N6O2/c1-16(2)12-28(13-17(3)4)23(30)11-25-10-20(27-24)19-7-8-21(22(9-19)31-6)29-14-18(5)26-15-29/h7-10,14-17H,11-13,24H2,1-6H3/b25-10?,27-20+. The van der Waals surface area contributed by atoms with E-state index in [1.54, 1.807) is 13.4 Å². The highest BCUT2D eigenvalue weighted by Crippen LogP contribution is 2.24. The molecule has 0 bridgehead atoms. The number of amides is 1. The number of hydrazone groups is 1. The molecule has 168 valence electrons. The van der Waals surface area contributed by atoms with Crippen LogP contribution in [0.3, 0.4) is 0 Å². The summed E-state index contributed by atoms with van der Waals surface area (Å²) in [5.41, 5.74) is 2.99. The number of benzene rings is 1. The Kier molecular flexibility index (Phi) is 8.78. The minimum absolute atomic E-state index is 0.00146. The number of ether oxygens (including phenoxy) is 1. The van der Waals surface area contributed by atoms with E-state index in [0.717, 1.165) is 30.0 Å². The lowest BCUT2D eigenvalue weighted by molar-refractivity contribution is -0.130. The van der Waals surface area contributed by atoms with Crippen LogP contribution in [0.4, 0.5) is 0 Å². The summed E-state index contributed by atoms with van der Waals surface area (Å²) in [5.74, 6) is 7.06. The maximum atomic E-state index is 12.6. The van der Waals surface area contributed by atoms with E-state index >= 15 is 0 Å². The summed E-state index contributed by atoms with van der Waals surface area (Å²) >= 11 is 0. The molecule has 0 saturated heterocycles. The molecule has 2 rings (SSSR count). The fourth-order valence-electron chi connectivity index (χ4n) is 3.26. The van der Waals surface area contributed by atoms with Crippen LogP contribution in [0.25, 0.3) is 5.69 Å². The van der Waals surface area contributed by atoms with Gasteiger partial charge in [0, 0.05) is 31.1 Å². The second kappa shape index (κ2) is 11.3. The molecule has 1 aromatic heterocycles. The Morgan fingerprint density at radius 3 is 2.45 bits per heavy atom. The molecule has 0 atom stereocenters. The summed E-state index contributed by atoms with van der Waals surface area (Å²) in [7, 11) is 1.61. The molecule has 8 heteroatoms. The fourth-order valence-corrected chi connectivity index (χ4v) is 3.26. The quantitative estimate of drug-likeness (QED) is 0.359. The Balaban J connectivity index is 2.15. The predicted octanol–water partition coefficient (Wildman–Crippen LogP) is 3.06. The van der Waals surface area contributed by atoms with E-state index in [4.69, 9.17) is 10.6 Å². The average Bonchev–Trinajstić information content (AvgIpc) is 3.15. The fraction of sp³-hybridized carbons (Fsp3) is 0.478. The van der Waals surface area contributed by atoms with Gasteiger partial charge in [-0.25, -0.2) is 4.98 Å². The minimum atomic E-state index is -0.00146. The van der Waals surface area contributed by atoms with Crippen LogP contribution in [0.1, 0.15) is 39.0 Å². The minimum Gasteiger partial charge on any atom is -0.495 e. The number of carbonyl (C=O) groups excluding carboxylic acids is 1. The average molecular weight is 427 g/mol. The van der Waals surface area contributed by atoms with E-state index in [2.05, 4.69) is 42.8 Å². The third-order valence-corrected chi connectivity index (χ3v) is 4.57. The summed E-state index contributed by atoms with van der Waals surface area (Å²) in [4.78, 5) is 23.1. The van der Waals surface area contributed by atoms with E-state index < -0.39 is 0 Å². The third kappa shape index (κ3) is 6.94. The zero-order valence-corrected chi connectivity index (χ0v) is 19.4. The monoisotopic (exact) mass is 426 g/mol. The van der Waals surface area contributed by atoms with Crippen LogP contribution in [0.2, 0.25) is 0 Å². The van der Waals surface area contributed by atoms with E-state index in [0.29, 0.717) is 23.3 Å². The number of aliphatic imine (C=N–C) groups is 1. The zero-order chi connectivity index (χ0) is 23.0. The van der Waals surface area contributed by atoms with Crippen molar-refractivity contribution in [1.29, 1.82) is 0 Å². The molecular formula is C23H34N6O2. The molecule has 0 aliphatic carbocycles. The summed E-state index contributed by atoms with van der Waals surface area (Å²) in [6, 6.07) is 5.64. The Morgan fingerprint density at radius 1 is 1.26 bits per heavy atom. The SMILES string of the molecule is COc1cc(/C(C=NCC(=O)N(CC(C)C)CC(C)C)=N/N)ccc1-n1cnc(C)c1. The van der Waals surface area contributed by atoms with E-state index in [1.165, 1.54) is 6.21 Å². The van der Waals surface area contributed by atoms with Gasteiger partial charge in [0.05, 0.1) is 24.8 Å². The van der Waals surface area contributed by atoms with Crippen molar-refractivity contribution in [2.75, 3.05) is 26.7 Å². The van der Waals surface area contributed by atoms with Crippen molar-refractivity contribution in [1.82, 2.24) is 14.5 Å². The van der Waals surface area contributed by atoms with Crippen LogP contribution < -0.4 is 10.6 Å². The van der Waals surface area contributed by atoms with Gasteiger partial charge in [-0.3, -0.25) is 9.79 Å². The van der Waals surface area contributed by atoms with Crippen molar-refractivity contribution >= 4 is 17.8 Å². The second-order valence-electron chi connectivity index (χ2n) is 8.38. The van der Waals surface area contributed by atoms with Crippen molar-refractivity contribution in [3.05, 3.63) is 42.0 Å². The van der Waals surface area contributed by atoms with Crippen LogP contribution in [0, 0.1) is 18.8 Å². The maximum Gasteiger partial charge on any atom is 0.244 e. The van der Waals surface area contributed by atoms with Gasteiger partial charge in [0.1, 0.15) is 18.0 Å². The van der Waals surface area contributed by atoms with Crippen LogP contribution in [0.15, 0.2) is 40.8 Å². The number of nitrogens with two attached hydrogens (primary N) is 1. The molecular weight excluding hydrogens is 392 g/mol. The van der Waals surface area contributed by atoms with Crippen LogP contribution in [-0.4, -0.2) is 59.0 Å². The molecule has 0 unspecified atom stereocenters. The van der Waals surface area contributed by atoms with Gasteiger partial charge >= 0.3 is 0 Å². The molecule has 8 nitrogen and oxygen atoms in total. The molecule has 1 aromatic carbocycles. The second-order valence-corrected chi connectivity index (χ2v) is 8.38. The van der Waals surface area contributed by atoms with Gasteiger partial charge in [-0.05, 0) is 30.9 Å². The molecule has 0 fully saturated rings. The van der Waals surface area contributed by atoms with Gasteiger partial charge in [0.25, 0.3) is 0 Å². The van der Waals surface area contributed by atoms with E-state index in [-0.39, 0.29) is 12.5 Å². The van der Waals surface area contributed by atoms with Crippen molar-refractivity contribution in [2.24, 2.45) is 27.8 Å². The molecule has 0 aliphatic rings. The maximum absolute atomic E-state index is 12.6. The van der Waals surface area contributed by atoms with Crippen LogP contribution >= 0.6 is 0 Å². The molecule has 0 aliphatic heterocycles. The van der Waals surface area contributed by atoms with Gasteiger partial charge in [0.2, 0.25) is 5.91 Å². The molecule has 31 heavy (non-hydrogen) atoms. The van der Waals surface area contributed by atoms with Crippen molar-refractivity contribution in [3.63, 3.8) is 0 Å². The Hall–Kier alpha value is -3.16. The van der Waals surface area contributed by atoms with Crippen LogP contribution in [-0.2, 0) is 4.79 Å². The first kappa shape index (κ1) is 24.1. The van der Waals surface area contributed by atoms with Crippen molar-refractivity contribution in [3.8, 4) is 11.4 Å². The van der Waals surface area contributed by atoms with E-state index in [1.807, 2.05) is 40.8 Å². The largest absolute Gasteiger partial charge is 0.495 e. The Morgan fingerprint density at radius 2 is 1.94 bits per heavy atom. The zero-order valence-electron chi connectivity index (χ0n) is 19.4. The lowest BCUT2D eigenvalue weighted by atomic mass is 10.1. The molecule has 1 heterocycles. The first-order valence-electron chi connectivity index (χ1n) is 10.5. The highest BCUT2D eigenvalue weighted by atomic mass is 16.5. The van der Waals surface area contributed by atoms with E-state index in [9.17, 15) is 4.79 Å². The number of hydrogen-bond acceptors (Lipinski definition) is 6. The van der Waals surface area contributed by atoms with Gasteiger partial charge in [-0.15, -0.1) is 0 Å². The number of nitrogens with zero attached hydrogens (tertiary/aromatic N) is 5. The predicted molar refractivity (Wildman–Crippen MR) is 125 cm³/mol. The van der Waals surface area contributed by atoms with Crippen molar-refractivity contribution in [2.45, 2.75) is 34.6 Å². The normalized spacial score (nSPS) is 12.2. The van der Waals surface area contributed by atoms with Crippen LogP contribution in [0.5, 0.6) is 5.75 Å². The molecule has 0 radical (unpaired) electrons. The number of aromatic nitrogens is 2. The lowest BCUT2D eigenvalue weighted by Crippen LogP contribution is -2.38. The number of aryl methyl sites for hydroxylation is 1. The number of carbonyl (C=O) groups is 1. The number of methoxy groups -OCH3 is 1. The summed E-state index contributed by atoms with van der Waals surface area (Å²) in [6.45, 7) is 11.8. The van der Waals surface area contributed by atoms with Gasteiger partial charge < -0.3 is 20.0 Å². The molecule has 0 spiro atoms. The molecule has 1 amide bonds. The highest BCUT2D eigenvalue weighted by molar-refractivity contribution is 6.38. The third-order valence-electron chi connectivity index (χ3n) is 4.57. The lowest BCUT2D eigenvalue weighted by Gasteiger charge is -2.25. The summed E-state index contributed by atoms with van der Waals surface area (Å²) < 4.78 is 7.43. The van der Waals surface area contributed by atoms with Gasteiger partial charge in [-0.2, -0.15) is 5.10 Å². The van der Waals surface area contributed by atoms with Gasteiger partial charge in [0.15, 0.2) is 0 Å². The highest BCUT2D eigenvalue weighted by Gasteiger charge is 2.16.